The lowest BCUT2D eigenvalue weighted by molar-refractivity contribution is -0.127. The topological polar surface area (TPSA) is 59.2 Å². The first-order chi connectivity index (χ1) is 14.1. The van der Waals surface area contributed by atoms with Gasteiger partial charge in [-0.1, -0.05) is 48.2 Å². The number of carbonyl (C=O) groups is 1. The van der Waals surface area contributed by atoms with Crippen LogP contribution in [0.2, 0.25) is 0 Å². The fourth-order valence-corrected chi connectivity index (χ4v) is 3.84. The van der Waals surface area contributed by atoms with E-state index in [-0.39, 0.29) is 24.0 Å². The van der Waals surface area contributed by atoms with Crippen LogP contribution in [0.1, 0.15) is 5.56 Å². The quantitative estimate of drug-likeness (QED) is 0.340. The Morgan fingerprint density at radius 1 is 1.07 bits per heavy atom. The number of carbonyl (C=O) groups excluding carboxylic acids is 1. The number of rotatable bonds is 6. The Morgan fingerprint density at radius 3 is 2.66 bits per heavy atom. The molecule has 2 aromatic heterocycles. The molecule has 0 unspecified atom stereocenters. The van der Waals surface area contributed by atoms with Crippen LogP contribution in [0.25, 0.3) is 22.5 Å². The maximum Gasteiger partial charge on any atom is 0.233 e. The highest BCUT2D eigenvalue weighted by Crippen LogP contribution is 2.28. The number of hydrogen-bond acceptors (Lipinski definition) is 5. The van der Waals surface area contributed by atoms with Gasteiger partial charge >= 0.3 is 0 Å². The van der Waals surface area contributed by atoms with Crippen LogP contribution in [0.3, 0.4) is 0 Å². The molecule has 0 bridgehead atoms. The monoisotopic (exact) mass is 407 g/mol. The predicted octanol–water partition coefficient (Wildman–Crippen LogP) is 4.78. The molecule has 5 nitrogen and oxygen atoms in total. The molecule has 2 aromatic carbocycles. The lowest BCUT2D eigenvalue weighted by atomic mass is 10.2. The van der Waals surface area contributed by atoms with Crippen molar-refractivity contribution >= 4 is 28.6 Å². The van der Waals surface area contributed by atoms with Gasteiger partial charge in [0, 0.05) is 24.5 Å². The number of thioether (sulfide) groups is 1. The predicted molar refractivity (Wildman–Crippen MR) is 111 cm³/mol. The minimum absolute atomic E-state index is 0.111. The van der Waals surface area contributed by atoms with Crippen LogP contribution in [0.5, 0.6) is 0 Å². The van der Waals surface area contributed by atoms with Crippen LogP contribution in [0, 0.1) is 5.82 Å². The van der Waals surface area contributed by atoms with Crippen LogP contribution < -0.4 is 0 Å². The fraction of sp³-hybridized carbons (Fsp3) is 0.136. The Labute approximate surface area is 171 Å². The third-order valence-electron chi connectivity index (χ3n) is 4.43. The molecule has 0 saturated carbocycles. The number of halogens is 1. The zero-order valence-corrected chi connectivity index (χ0v) is 16.5. The number of amides is 1. The van der Waals surface area contributed by atoms with Crippen molar-refractivity contribution in [2.75, 3.05) is 12.8 Å². The summed E-state index contributed by atoms with van der Waals surface area (Å²) in [5.74, 6) is 0.804. The van der Waals surface area contributed by atoms with Gasteiger partial charge < -0.3 is 9.32 Å². The molecule has 0 atom stereocenters. The summed E-state index contributed by atoms with van der Waals surface area (Å²) in [5.41, 5.74) is 1.27. The van der Waals surface area contributed by atoms with Crippen molar-refractivity contribution in [3.63, 3.8) is 0 Å². The number of fused-ring (bicyclic) bond motifs is 1. The van der Waals surface area contributed by atoms with Crippen molar-refractivity contribution in [2.24, 2.45) is 0 Å². The average molecular weight is 407 g/mol. The number of aromatic nitrogens is 2. The van der Waals surface area contributed by atoms with E-state index in [0.29, 0.717) is 22.2 Å². The molecule has 0 N–H and O–H groups in total. The summed E-state index contributed by atoms with van der Waals surface area (Å²) >= 11 is 1.33. The Hall–Kier alpha value is -3.19. The highest BCUT2D eigenvalue weighted by Gasteiger charge is 2.16. The zero-order valence-electron chi connectivity index (χ0n) is 15.7. The van der Waals surface area contributed by atoms with Crippen molar-refractivity contribution in [3.8, 4) is 11.6 Å². The smallest absolute Gasteiger partial charge is 0.233 e. The van der Waals surface area contributed by atoms with Gasteiger partial charge in [-0.05, 0) is 24.3 Å². The third kappa shape index (κ3) is 4.30. The molecule has 1 amide bonds. The second-order valence-electron chi connectivity index (χ2n) is 6.48. The second-order valence-corrected chi connectivity index (χ2v) is 7.44. The number of furan rings is 1. The van der Waals surface area contributed by atoms with Crippen LogP contribution in [0.15, 0.2) is 76.4 Å². The first-order valence-corrected chi connectivity index (χ1v) is 10.0. The fourth-order valence-electron chi connectivity index (χ4n) is 2.88. The van der Waals surface area contributed by atoms with E-state index < -0.39 is 0 Å². The molecular formula is C22H18FN3O2S. The summed E-state index contributed by atoms with van der Waals surface area (Å²) in [6.07, 6.45) is 1.57. The van der Waals surface area contributed by atoms with Gasteiger partial charge in [0.15, 0.2) is 11.6 Å². The second kappa shape index (κ2) is 8.45. The Kier molecular flexibility index (Phi) is 5.57. The van der Waals surface area contributed by atoms with Gasteiger partial charge in [-0.2, -0.15) is 0 Å². The normalized spacial score (nSPS) is 11.0. The highest BCUT2D eigenvalue weighted by molar-refractivity contribution is 8.00. The summed E-state index contributed by atoms with van der Waals surface area (Å²) in [6, 6.07) is 17.7. The van der Waals surface area contributed by atoms with E-state index in [1.807, 2.05) is 24.3 Å². The molecule has 4 rings (SSSR count). The van der Waals surface area contributed by atoms with Crippen molar-refractivity contribution in [1.82, 2.24) is 14.9 Å². The molecule has 0 aliphatic carbocycles. The summed E-state index contributed by atoms with van der Waals surface area (Å²) in [5, 5.41) is 1.58. The van der Waals surface area contributed by atoms with Crippen molar-refractivity contribution in [1.29, 1.82) is 0 Å². The molecule has 7 heteroatoms. The molecule has 4 aromatic rings. The Bertz CT molecular complexity index is 1150. The largest absolute Gasteiger partial charge is 0.461 e. The lowest BCUT2D eigenvalue weighted by Crippen LogP contribution is -2.28. The van der Waals surface area contributed by atoms with Crippen molar-refractivity contribution in [3.05, 3.63) is 78.3 Å². The number of nitrogens with zero attached hydrogens (tertiary/aromatic N) is 3. The number of para-hydroxylation sites is 1. The van der Waals surface area contributed by atoms with Gasteiger partial charge in [0.25, 0.3) is 0 Å². The van der Waals surface area contributed by atoms with Crippen LogP contribution in [-0.4, -0.2) is 33.6 Å². The summed E-state index contributed by atoms with van der Waals surface area (Å²) in [7, 11) is 1.67. The lowest BCUT2D eigenvalue weighted by Gasteiger charge is -2.17. The van der Waals surface area contributed by atoms with E-state index in [1.165, 1.54) is 22.7 Å². The minimum atomic E-state index is -0.315. The molecular weight excluding hydrogens is 389 g/mol. The highest BCUT2D eigenvalue weighted by atomic mass is 32.2. The van der Waals surface area contributed by atoms with E-state index in [9.17, 15) is 9.18 Å². The van der Waals surface area contributed by atoms with E-state index in [1.54, 1.807) is 43.6 Å². The van der Waals surface area contributed by atoms with E-state index >= 15 is 0 Å². The maximum atomic E-state index is 13.8. The average Bonchev–Trinajstić information content (AvgIpc) is 3.28. The Morgan fingerprint density at radius 2 is 1.86 bits per heavy atom. The third-order valence-corrected chi connectivity index (χ3v) is 5.41. The molecule has 0 radical (unpaired) electrons. The first-order valence-electron chi connectivity index (χ1n) is 9.02. The van der Waals surface area contributed by atoms with Gasteiger partial charge in [-0.25, -0.2) is 14.4 Å². The van der Waals surface area contributed by atoms with Crippen LogP contribution in [0.4, 0.5) is 4.39 Å². The minimum Gasteiger partial charge on any atom is -0.461 e. The summed E-state index contributed by atoms with van der Waals surface area (Å²) in [6.45, 7) is 0.217. The van der Waals surface area contributed by atoms with Gasteiger partial charge in [-0.15, -0.1) is 0 Å². The van der Waals surface area contributed by atoms with Crippen LogP contribution in [-0.2, 0) is 11.3 Å². The maximum absolute atomic E-state index is 13.8. The summed E-state index contributed by atoms with van der Waals surface area (Å²) < 4.78 is 19.3. The summed E-state index contributed by atoms with van der Waals surface area (Å²) in [4.78, 5) is 23.3. The van der Waals surface area contributed by atoms with E-state index in [0.717, 1.165) is 10.9 Å². The van der Waals surface area contributed by atoms with Gasteiger partial charge in [0.05, 0.1) is 17.5 Å². The SMILES string of the molecule is CN(Cc1ccccc1F)C(=O)CSc1nc(-c2ccco2)nc2ccccc12. The molecule has 0 aliphatic rings. The van der Waals surface area contributed by atoms with Crippen molar-refractivity contribution in [2.45, 2.75) is 11.6 Å². The standard InChI is InChI=1S/C22H18FN3O2S/c1-26(13-15-7-2-4-9-17(15)23)20(27)14-29-22-16-8-3-5-10-18(16)24-21(25-22)19-11-6-12-28-19/h2-12H,13-14H2,1H3. The first kappa shape index (κ1) is 19.1. The molecule has 0 spiro atoms. The molecule has 29 heavy (non-hydrogen) atoms. The number of benzene rings is 2. The molecule has 0 saturated heterocycles. The molecule has 2 heterocycles. The van der Waals surface area contributed by atoms with E-state index in [2.05, 4.69) is 9.97 Å². The van der Waals surface area contributed by atoms with Crippen LogP contribution >= 0.6 is 11.8 Å². The number of hydrogen-bond donors (Lipinski definition) is 0. The zero-order chi connectivity index (χ0) is 20.2. The molecule has 146 valence electrons. The van der Waals surface area contributed by atoms with Crippen molar-refractivity contribution < 1.29 is 13.6 Å². The van der Waals surface area contributed by atoms with Gasteiger partial charge in [0.2, 0.25) is 5.91 Å². The van der Waals surface area contributed by atoms with Gasteiger partial charge in [0.1, 0.15) is 10.8 Å². The Balaban J connectivity index is 1.53. The molecule has 0 fully saturated rings. The van der Waals surface area contributed by atoms with Gasteiger partial charge in [-0.3, -0.25) is 4.79 Å². The molecule has 0 aliphatic heterocycles. The van der Waals surface area contributed by atoms with E-state index in [4.69, 9.17) is 4.42 Å².